The molecule has 6 N–H and O–H groups in total. The zero-order valence-corrected chi connectivity index (χ0v) is 28.5. The van der Waals surface area contributed by atoms with Crippen molar-refractivity contribution in [1.82, 2.24) is 19.9 Å². The minimum Gasteiger partial charge on any atom is -0.398 e. The Labute approximate surface area is 299 Å². The second-order valence-electron chi connectivity index (χ2n) is 13.2. The summed E-state index contributed by atoms with van der Waals surface area (Å²) in [6.07, 6.45) is 11.7. The molecule has 0 aliphatic heterocycles. The number of nitrogen functional groups attached to an aromatic ring is 2. The Morgan fingerprint density at radius 1 is 0.673 bits per heavy atom. The van der Waals surface area contributed by atoms with E-state index < -0.39 is 0 Å². The largest absolute Gasteiger partial charge is 0.398 e. The van der Waals surface area contributed by atoms with Gasteiger partial charge in [-0.1, -0.05) is 0 Å². The standard InChI is InChI=1S/2C20H17N5O/c2*1-11-9-23-3-2-15(11)12-4-13-7-19(24-10-17(13)18(22)6-12)25-20(26)16-5-14(16)8-21/h2*2-4,6-7,9-10,14,16H,5,22H2,1H3,(H,24,25,26)/t2*14-,16+/m10/s1. The number of aromatic nitrogens is 4. The molecule has 2 saturated carbocycles. The summed E-state index contributed by atoms with van der Waals surface area (Å²) in [4.78, 5) is 41.1. The molecule has 4 heterocycles. The average molecular weight is 687 g/mol. The predicted octanol–water partition coefficient (Wildman–Crippen LogP) is 6.57. The summed E-state index contributed by atoms with van der Waals surface area (Å²) in [6, 6.07) is 19.7. The third kappa shape index (κ3) is 6.91. The number of hydrogen-bond donors (Lipinski definition) is 4. The molecule has 256 valence electrons. The van der Waals surface area contributed by atoms with E-state index in [-0.39, 0.29) is 35.5 Å². The molecular formula is C40H34N10O2. The lowest BCUT2D eigenvalue weighted by Gasteiger charge is -2.11. The van der Waals surface area contributed by atoms with Crippen LogP contribution in [0.25, 0.3) is 43.8 Å². The SMILES string of the molecule is Cc1cnccc1-c1cc(N)c2cnc(NC(=O)[C@@H]3C[C@H]3C#N)cc2c1.Cc1cnccc1-c1cc(N)c2cnc(NC(=O)[C@H]3C[C@@H]3C#N)cc2c1. The molecule has 2 aliphatic carbocycles. The number of fused-ring (bicyclic) bond motifs is 2. The van der Waals surface area contributed by atoms with Crippen molar-refractivity contribution >= 4 is 56.4 Å². The summed E-state index contributed by atoms with van der Waals surface area (Å²) in [5.41, 5.74) is 19.9. The Morgan fingerprint density at radius 2 is 1.10 bits per heavy atom. The van der Waals surface area contributed by atoms with E-state index in [0.29, 0.717) is 35.9 Å². The van der Waals surface area contributed by atoms with Crippen molar-refractivity contribution in [1.29, 1.82) is 10.5 Å². The molecule has 2 amide bonds. The third-order valence-corrected chi connectivity index (χ3v) is 9.49. The molecule has 0 radical (unpaired) electrons. The number of nitrogens with zero attached hydrogens (tertiary/aromatic N) is 6. The summed E-state index contributed by atoms with van der Waals surface area (Å²) < 4.78 is 0. The number of amides is 2. The third-order valence-electron chi connectivity index (χ3n) is 9.49. The Morgan fingerprint density at radius 3 is 1.46 bits per heavy atom. The number of pyridine rings is 4. The van der Waals surface area contributed by atoms with Gasteiger partial charge in [0, 0.05) is 59.3 Å². The van der Waals surface area contributed by atoms with Gasteiger partial charge < -0.3 is 22.1 Å². The molecule has 0 bridgehead atoms. The number of nitriles is 2. The van der Waals surface area contributed by atoms with Crippen molar-refractivity contribution in [3.8, 4) is 34.4 Å². The van der Waals surface area contributed by atoms with Gasteiger partial charge in [-0.05, 0) is 119 Å². The van der Waals surface area contributed by atoms with Crippen molar-refractivity contribution in [2.24, 2.45) is 23.7 Å². The van der Waals surface area contributed by atoms with Gasteiger partial charge in [0.15, 0.2) is 0 Å². The van der Waals surface area contributed by atoms with Gasteiger partial charge in [-0.3, -0.25) is 19.6 Å². The first-order chi connectivity index (χ1) is 25.1. The fourth-order valence-corrected chi connectivity index (χ4v) is 6.31. The molecular weight excluding hydrogens is 653 g/mol. The monoisotopic (exact) mass is 686 g/mol. The van der Waals surface area contributed by atoms with Crippen LogP contribution in [0.5, 0.6) is 0 Å². The Hall–Kier alpha value is -6.92. The van der Waals surface area contributed by atoms with Crippen LogP contribution in [0.3, 0.4) is 0 Å². The minimum atomic E-state index is -0.228. The van der Waals surface area contributed by atoms with Gasteiger partial charge in [0.25, 0.3) is 0 Å². The van der Waals surface area contributed by atoms with Crippen LogP contribution < -0.4 is 22.1 Å². The molecule has 0 saturated heterocycles. The van der Waals surface area contributed by atoms with Gasteiger partial charge in [-0.25, -0.2) is 9.97 Å². The number of aryl methyl sites for hydroxylation is 2. The normalized spacial score (nSPS) is 18.3. The number of nitrogens with two attached hydrogens (primary N) is 2. The maximum absolute atomic E-state index is 12.1. The molecule has 52 heavy (non-hydrogen) atoms. The van der Waals surface area contributed by atoms with Crippen LogP contribution in [-0.2, 0) is 9.59 Å². The number of hydrogen-bond acceptors (Lipinski definition) is 10. The van der Waals surface area contributed by atoms with Crippen LogP contribution in [0.15, 0.2) is 85.7 Å². The van der Waals surface area contributed by atoms with E-state index in [1.165, 1.54) is 0 Å². The molecule has 2 fully saturated rings. The molecule has 4 aromatic heterocycles. The highest BCUT2D eigenvalue weighted by molar-refractivity contribution is 6.01. The summed E-state index contributed by atoms with van der Waals surface area (Å²) in [7, 11) is 0. The second kappa shape index (κ2) is 13.8. The average Bonchev–Trinajstić information content (AvgIpc) is 4.07. The highest BCUT2D eigenvalue weighted by Gasteiger charge is 2.44. The van der Waals surface area contributed by atoms with Gasteiger partial charge in [0.1, 0.15) is 11.6 Å². The maximum atomic E-state index is 12.1. The first-order valence-corrected chi connectivity index (χ1v) is 16.7. The molecule has 12 heteroatoms. The Balaban J connectivity index is 0.000000162. The fraction of sp³-hybridized carbons (Fsp3) is 0.200. The highest BCUT2D eigenvalue weighted by Crippen LogP contribution is 2.40. The highest BCUT2D eigenvalue weighted by atomic mass is 16.2. The number of anilines is 4. The summed E-state index contributed by atoms with van der Waals surface area (Å²) >= 11 is 0. The van der Waals surface area contributed by atoms with Crippen LogP contribution in [0.2, 0.25) is 0 Å². The van der Waals surface area contributed by atoms with Gasteiger partial charge in [0.2, 0.25) is 11.8 Å². The van der Waals surface area contributed by atoms with Crippen molar-refractivity contribution in [3.63, 3.8) is 0 Å². The number of rotatable bonds is 6. The predicted molar refractivity (Wildman–Crippen MR) is 200 cm³/mol. The first kappa shape index (κ1) is 33.6. The molecule has 6 aromatic rings. The van der Waals surface area contributed by atoms with Gasteiger partial charge in [-0.2, -0.15) is 10.5 Å². The van der Waals surface area contributed by atoms with Crippen LogP contribution in [0, 0.1) is 60.2 Å². The molecule has 12 nitrogen and oxygen atoms in total. The van der Waals surface area contributed by atoms with E-state index in [1.54, 1.807) is 24.8 Å². The molecule has 4 atom stereocenters. The van der Waals surface area contributed by atoms with E-state index in [9.17, 15) is 9.59 Å². The second-order valence-corrected chi connectivity index (χ2v) is 13.2. The summed E-state index contributed by atoms with van der Waals surface area (Å²) in [5.74, 6) is -0.181. The topological polar surface area (TPSA) is 209 Å². The van der Waals surface area contributed by atoms with Gasteiger partial charge in [0.05, 0.1) is 35.8 Å². The van der Waals surface area contributed by atoms with Crippen LogP contribution >= 0.6 is 0 Å². The Kier molecular flexibility index (Phi) is 8.89. The smallest absolute Gasteiger partial charge is 0.230 e. The lowest BCUT2D eigenvalue weighted by Crippen LogP contribution is -2.15. The maximum Gasteiger partial charge on any atom is 0.230 e. The van der Waals surface area contributed by atoms with Crippen LogP contribution in [0.1, 0.15) is 24.0 Å². The van der Waals surface area contributed by atoms with Crippen molar-refractivity contribution in [3.05, 3.63) is 96.8 Å². The number of carbonyl (C=O) groups is 2. The zero-order chi connectivity index (χ0) is 36.5. The molecule has 2 aromatic carbocycles. The number of benzene rings is 2. The lowest BCUT2D eigenvalue weighted by atomic mass is 9.99. The van der Waals surface area contributed by atoms with Gasteiger partial charge >= 0.3 is 0 Å². The molecule has 0 unspecified atom stereocenters. The van der Waals surface area contributed by atoms with Crippen LogP contribution in [0.4, 0.5) is 23.0 Å². The molecule has 0 spiro atoms. The van der Waals surface area contributed by atoms with E-state index in [2.05, 4.69) is 42.7 Å². The van der Waals surface area contributed by atoms with Crippen molar-refractivity contribution in [2.75, 3.05) is 22.1 Å². The van der Waals surface area contributed by atoms with Crippen molar-refractivity contribution in [2.45, 2.75) is 26.7 Å². The molecule has 8 rings (SSSR count). The van der Waals surface area contributed by atoms with E-state index in [0.717, 1.165) is 54.9 Å². The first-order valence-electron chi connectivity index (χ1n) is 16.7. The summed E-state index contributed by atoms with van der Waals surface area (Å²) in [5, 5.41) is 26.8. The van der Waals surface area contributed by atoms with E-state index >= 15 is 0 Å². The summed E-state index contributed by atoms with van der Waals surface area (Å²) in [6.45, 7) is 4.00. The fourth-order valence-electron chi connectivity index (χ4n) is 6.31. The zero-order valence-electron chi connectivity index (χ0n) is 28.5. The van der Waals surface area contributed by atoms with Gasteiger partial charge in [-0.15, -0.1) is 0 Å². The minimum absolute atomic E-state index is 0.155. The quantitative estimate of drug-likeness (QED) is 0.138. The number of carbonyl (C=O) groups excluding carboxylic acids is 2. The van der Waals surface area contributed by atoms with Crippen LogP contribution in [-0.4, -0.2) is 31.8 Å². The number of nitrogens with one attached hydrogen (secondary N) is 2. The van der Waals surface area contributed by atoms with Crippen molar-refractivity contribution < 1.29 is 9.59 Å². The Bertz CT molecular complexity index is 2310. The van der Waals surface area contributed by atoms with E-state index in [1.807, 2.05) is 74.8 Å². The van der Waals surface area contributed by atoms with E-state index in [4.69, 9.17) is 22.0 Å². The molecule has 2 aliphatic rings. The lowest BCUT2D eigenvalue weighted by molar-refractivity contribution is -0.118.